The van der Waals surface area contributed by atoms with Gasteiger partial charge in [-0.2, -0.15) is 0 Å². The first-order chi connectivity index (χ1) is 5.29. The Labute approximate surface area is 76.9 Å². The van der Waals surface area contributed by atoms with E-state index >= 15 is 0 Å². The summed E-state index contributed by atoms with van der Waals surface area (Å²) in [5.74, 6) is 0. The van der Waals surface area contributed by atoms with Crippen LogP contribution in [0.15, 0.2) is 11.1 Å². The number of ether oxygens (including phenoxy) is 1. The van der Waals surface area contributed by atoms with E-state index in [4.69, 9.17) is 4.74 Å². The van der Waals surface area contributed by atoms with E-state index in [0.29, 0.717) is 6.10 Å². The summed E-state index contributed by atoms with van der Waals surface area (Å²) in [5, 5.41) is 0. The molecular weight excluding hydrogens is 204 g/mol. The summed E-state index contributed by atoms with van der Waals surface area (Å²) >= 11 is 3.35. The molecule has 1 nitrogen and oxygen atoms in total. The summed E-state index contributed by atoms with van der Waals surface area (Å²) in [4.78, 5) is 0. The van der Waals surface area contributed by atoms with Gasteiger partial charge in [-0.1, -0.05) is 22.5 Å². The van der Waals surface area contributed by atoms with Crippen LogP contribution in [-0.4, -0.2) is 12.7 Å². The van der Waals surface area contributed by atoms with Crippen molar-refractivity contribution in [3.05, 3.63) is 11.1 Å². The minimum Gasteiger partial charge on any atom is -0.378 e. The van der Waals surface area contributed by atoms with Gasteiger partial charge in [0.05, 0.1) is 6.10 Å². The zero-order valence-corrected chi connectivity index (χ0v) is 8.40. The molecule has 64 valence electrons. The van der Waals surface area contributed by atoms with E-state index in [0.717, 1.165) is 17.5 Å². The summed E-state index contributed by atoms with van der Waals surface area (Å²) in [5.41, 5.74) is 0. The molecule has 1 fully saturated rings. The lowest BCUT2D eigenvalue weighted by Crippen LogP contribution is -2.03. The average molecular weight is 219 g/mol. The maximum Gasteiger partial charge on any atom is 0.0576 e. The van der Waals surface area contributed by atoms with Gasteiger partial charge in [-0.05, 0) is 36.6 Å². The summed E-state index contributed by atoms with van der Waals surface area (Å²) in [6.07, 6.45) is 6.54. The van der Waals surface area contributed by atoms with Crippen molar-refractivity contribution in [1.82, 2.24) is 0 Å². The van der Waals surface area contributed by atoms with Crippen LogP contribution in [0.5, 0.6) is 0 Å². The minimum absolute atomic E-state index is 0.543. The highest BCUT2D eigenvalue weighted by Crippen LogP contribution is 2.20. The van der Waals surface area contributed by atoms with Gasteiger partial charge in [0.25, 0.3) is 0 Å². The van der Waals surface area contributed by atoms with Crippen LogP contribution in [0.2, 0.25) is 0 Å². The standard InChI is InChI=1S/C9H15BrO/c1-8(10)4-2-5-9-6-3-7-11-9/h9H,1-7H2. The molecular formula is C9H15BrO. The fraction of sp³-hybridized carbons (Fsp3) is 0.778. The van der Waals surface area contributed by atoms with E-state index in [-0.39, 0.29) is 0 Å². The van der Waals surface area contributed by atoms with Crippen LogP contribution in [0.25, 0.3) is 0 Å². The number of rotatable bonds is 4. The zero-order chi connectivity index (χ0) is 8.10. The Morgan fingerprint density at radius 1 is 1.64 bits per heavy atom. The highest BCUT2D eigenvalue weighted by molar-refractivity contribution is 9.11. The molecule has 1 atom stereocenters. The van der Waals surface area contributed by atoms with Crippen LogP contribution in [0, 0.1) is 0 Å². The molecule has 0 aliphatic carbocycles. The van der Waals surface area contributed by atoms with Crippen LogP contribution in [0.4, 0.5) is 0 Å². The molecule has 11 heavy (non-hydrogen) atoms. The number of hydrogen-bond donors (Lipinski definition) is 0. The van der Waals surface area contributed by atoms with Crippen molar-refractivity contribution in [2.45, 2.75) is 38.2 Å². The summed E-state index contributed by atoms with van der Waals surface area (Å²) in [6, 6.07) is 0. The van der Waals surface area contributed by atoms with Crippen LogP contribution >= 0.6 is 15.9 Å². The molecule has 2 heteroatoms. The summed E-state index contributed by atoms with van der Waals surface area (Å²) in [6.45, 7) is 4.77. The fourth-order valence-corrected chi connectivity index (χ4v) is 1.67. The van der Waals surface area contributed by atoms with Crippen molar-refractivity contribution in [1.29, 1.82) is 0 Å². The fourth-order valence-electron chi connectivity index (χ4n) is 1.39. The van der Waals surface area contributed by atoms with Gasteiger partial charge in [0.15, 0.2) is 0 Å². The molecule has 1 unspecified atom stereocenters. The second kappa shape index (κ2) is 4.94. The van der Waals surface area contributed by atoms with Gasteiger partial charge >= 0.3 is 0 Å². The number of hydrogen-bond acceptors (Lipinski definition) is 1. The molecule has 0 spiro atoms. The van der Waals surface area contributed by atoms with E-state index < -0.39 is 0 Å². The predicted octanol–water partition coefficient (Wildman–Crippen LogP) is 3.24. The largest absolute Gasteiger partial charge is 0.378 e. The topological polar surface area (TPSA) is 9.23 Å². The molecule has 0 saturated carbocycles. The lowest BCUT2D eigenvalue weighted by molar-refractivity contribution is 0.103. The number of halogens is 1. The van der Waals surface area contributed by atoms with Crippen LogP contribution in [0.1, 0.15) is 32.1 Å². The molecule has 1 rings (SSSR count). The molecule has 0 aromatic rings. The van der Waals surface area contributed by atoms with Crippen molar-refractivity contribution in [3.8, 4) is 0 Å². The lowest BCUT2D eigenvalue weighted by Gasteiger charge is -2.07. The first kappa shape index (κ1) is 9.27. The molecule has 1 aliphatic heterocycles. The van der Waals surface area contributed by atoms with Gasteiger partial charge in [-0.25, -0.2) is 0 Å². The molecule has 1 heterocycles. The molecule has 0 N–H and O–H groups in total. The third-order valence-electron chi connectivity index (χ3n) is 2.00. The Bertz CT molecular complexity index is 128. The van der Waals surface area contributed by atoms with Crippen LogP contribution in [-0.2, 0) is 4.74 Å². The van der Waals surface area contributed by atoms with Gasteiger partial charge in [-0.3, -0.25) is 0 Å². The van der Waals surface area contributed by atoms with E-state index in [9.17, 15) is 0 Å². The van der Waals surface area contributed by atoms with E-state index in [2.05, 4.69) is 22.5 Å². The third-order valence-corrected chi connectivity index (χ3v) is 2.39. The second-order valence-corrected chi connectivity index (χ2v) is 4.17. The Balaban J connectivity index is 1.98. The van der Waals surface area contributed by atoms with Crippen molar-refractivity contribution in [2.24, 2.45) is 0 Å². The normalized spacial score (nSPS) is 23.9. The zero-order valence-electron chi connectivity index (χ0n) is 6.81. The van der Waals surface area contributed by atoms with Crippen LogP contribution in [0.3, 0.4) is 0 Å². The number of allylic oxidation sites excluding steroid dienone is 1. The Morgan fingerprint density at radius 3 is 3.00 bits per heavy atom. The highest BCUT2D eigenvalue weighted by Gasteiger charge is 2.14. The van der Waals surface area contributed by atoms with Crippen molar-refractivity contribution in [3.63, 3.8) is 0 Å². The summed E-state index contributed by atoms with van der Waals surface area (Å²) < 4.78 is 6.60. The lowest BCUT2D eigenvalue weighted by atomic mass is 10.1. The summed E-state index contributed by atoms with van der Waals surface area (Å²) in [7, 11) is 0. The quantitative estimate of drug-likeness (QED) is 0.705. The van der Waals surface area contributed by atoms with Gasteiger partial charge in [0.1, 0.15) is 0 Å². The molecule has 0 aromatic heterocycles. The average Bonchev–Trinajstić information content (AvgIpc) is 2.39. The SMILES string of the molecule is C=C(Br)CCCC1CCCO1. The highest BCUT2D eigenvalue weighted by atomic mass is 79.9. The Kier molecular flexibility index (Phi) is 4.16. The first-order valence-electron chi connectivity index (χ1n) is 4.24. The molecule has 1 aliphatic rings. The molecule has 1 saturated heterocycles. The smallest absolute Gasteiger partial charge is 0.0576 e. The Morgan fingerprint density at radius 2 is 2.45 bits per heavy atom. The maximum absolute atomic E-state index is 5.49. The predicted molar refractivity (Wildman–Crippen MR) is 50.9 cm³/mol. The maximum atomic E-state index is 5.49. The van der Waals surface area contributed by atoms with Crippen LogP contribution < -0.4 is 0 Å². The van der Waals surface area contributed by atoms with Gasteiger partial charge in [0.2, 0.25) is 0 Å². The minimum atomic E-state index is 0.543. The Hall–Kier alpha value is 0.180. The van der Waals surface area contributed by atoms with E-state index in [1.54, 1.807) is 0 Å². The molecule has 0 radical (unpaired) electrons. The second-order valence-electron chi connectivity index (χ2n) is 3.04. The monoisotopic (exact) mass is 218 g/mol. The van der Waals surface area contributed by atoms with Crippen molar-refractivity contribution < 1.29 is 4.74 Å². The molecule has 0 bridgehead atoms. The van der Waals surface area contributed by atoms with Crippen molar-refractivity contribution in [2.75, 3.05) is 6.61 Å². The van der Waals surface area contributed by atoms with Crippen molar-refractivity contribution >= 4 is 15.9 Å². The first-order valence-corrected chi connectivity index (χ1v) is 5.03. The van der Waals surface area contributed by atoms with E-state index in [1.165, 1.54) is 25.7 Å². The van der Waals surface area contributed by atoms with Gasteiger partial charge in [0, 0.05) is 6.61 Å². The van der Waals surface area contributed by atoms with Gasteiger partial charge < -0.3 is 4.74 Å². The van der Waals surface area contributed by atoms with E-state index in [1.807, 2.05) is 0 Å². The molecule has 0 amide bonds. The van der Waals surface area contributed by atoms with Gasteiger partial charge in [-0.15, -0.1) is 0 Å². The molecule has 0 aromatic carbocycles. The third kappa shape index (κ3) is 3.92.